The average Bonchev–Trinajstić information content (AvgIpc) is 3.51. The van der Waals surface area contributed by atoms with Crippen LogP contribution < -0.4 is 9.64 Å². The first-order chi connectivity index (χ1) is 18.5. The summed E-state index contributed by atoms with van der Waals surface area (Å²) in [6, 6.07) is 15.2. The van der Waals surface area contributed by atoms with Gasteiger partial charge >= 0.3 is 5.91 Å². The van der Waals surface area contributed by atoms with E-state index in [0.29, 0.717) is 33.6 Å². The van der Waals surface area contributed by atoms with E-state index in [1.165, 1.54) is 28.8 Å². The van der Waals surface area contributed by atoms with Crippen LogP contribution in [0.15, 0.2) is 83.0 Å². The van der Waals surface area contributed by atoms with Crippen molar-refractivity contribution in [2.45, 2.75) is 23.1 Å². The van der Waals surface area contributed by atoms with Crippen molar-refractivity contribution in [3.63, 3.8) is 0 Å². The fourth-order valence-electron chi connectivity index (χ4n) is 4.00. The molecule has 1 aliphatic rings. The van der Waals surface area contributed by atoms with Crippen molar-refractivity contribution in [2.75, 3.05) is 11.5 Å². The fraction of sp³-hybridized carbons (Fsp3) is 0.148. The van der Waals surface area contributed by atoms with Gasteiger partial charge in [0.05, 0.1) is 18.2 Å². The number of benzene rings is 2. The Labute approximate surface area is 225 Å². The quantitative estimate of drug-likeness (QED) is 0.103. The molecule has 192 valence electrons. The van der Waals surface area contributed by atoms with Crippen molar-refractivity contribution in [3.8, 4) is 5.75 Å². The molecule has 1 N–H and O–H groups in total. The maximum absolute atomic E-state index is 13.3. The second kappa shape index (κ2) is 11.1. The third-order valence-electron chi connectivity index (χ3n) is 5.76. The summed E-state index contributed by atoms with van der Waals surface area (Å²) in [6.45, 7) is 2.35. The number of halogens is 1. The normalized spacial score (nSPS) is 16.7. The highest BCUT2D eigenvalue weighted by molar-refractivity contribution is 8.00. The van der Waals surface area contributed by atoms with E-state index in [2.05, 4.69) is 15.2 Å². The maximum atomic E-state index is 13.3. The van der Waals surface area contributed by atoms with E-state index in [0.717, 1.165) is 16.9 Å². The number of nitrogens with zero attached hydrogens (tertiary/aromatic N) is 4. The summed E-state index contributed by atoms with van der Waals surface area (Å²) >= 11 is 2.53. The second-order valence-corrected chi connectivity index (χ2v) is 10.4. The average molecular weight is 549 g/mol. The molecule has 5 rings (SSSR count). The van der Waals surface area contributed by atoms with Crippen LogP contribution in [-0.2, 0) is 15.3 Å². The molecule has 11 heteroatoms. The molecule has 1 amide bonds. The topological polar surface area (TPSA) is 106 Å². The number of anilines is 1. The van der Waals surface area contributed by atoms with Crippen molar-refractivity contribution in [2.24, 2.45) is 0 Å². The Bertz CT molecular complexity index is 1490. The highest BCUT2D eigenvalue weighted by Gasteiger charge is 2.48. The summed E-state index contributed by atoms with van der Waals surface area (Å²) in [7, 11) is 0. The van der Waals surface area contributed by atoms with E-state index < -0.39 is 17.7 Å². The number of hydrogen-bond donors (Lipinski definition) is 1. The zero-order valence-electron chi connectivity index (χ0n) is 20.1. The first-order valence-corrected chi connectivity index (χ1v) is 13.4. The number of amides is 1. The minimum Gasteiger partial charge on any atom is -0.507 e. The van der Waals surface area contributed by atoms with Crippen molar-refractivity contribution < 1.29 is 23.8 Å². The predicted octanol–water partition coefficient (Wildman–Crippen LogP) is 5.39. The van der Waals surface area contributed by atoms with E-state index >= 15 is 0 Å². The third-order valence-corrected chi connectivity index (χ3v) is 7.89. The molecule has 0 spiro atoms. The van der Waals surface area contributed by atoms with Crippen LogP contribution >= 0.6 is 23.1 Å². The van der Waals surface area contributed by atoms with Gasteiger partial charge in [-0.15, -0.1) is 10.2 Å². The van der Waals surface area contributed by atoms with Gasteiger partial charge in [0, 0.05) is 23.7 Å². The van der Waals surface area contributed by atoms with Gasteiger partial charge in [-0.05, 0) is 60.5 Å². The Balaban J connectivity index is 1.50. The molecule has 1 unspecified atom stereocenters. The highest BCUT2D eigenvalue weighted by atomic mass is 32.2. The van der Waals surface area contributed by atoms with Crippen LogP contribution in [-0.4, -0.2) is 38.6 Å². The van der Waals surface area contributed by atoms with Crippen LogP contribution in [0.1, 0.15) is 29.7 Å². The van der Waals surface area contributed by atoms with Gasteiger partial charge in [0.2, 0.25) is 5.13 Å². The van der Waals surface area contributed by atoms with Gasteiger partial charge in [-0.1, -0.05) is 41.3 Å². The monoisotopic (exact) mass is 548 g/mol. The van der Waals surface area contributed by atoms with Crippen LogP contribution in [0.25, 0.3) is 5.76 Å². The van der Waals surface area contributed by atoms with Gasteiger partial charge < -0.3 is 9.84 Å². The number of ether oxygens (including phenoxy) is 1. The molecule has 1 saturated heterocycles. The van der Waals surface area contributed by atoms with E-state index in [9.17, 15) is 19.1 Å². The van der Waals surface area contributed by atoms with Crippen LogP contribution in [0.4, 0.5) is 9.52 Å². The van der Waals surface area contributed by atoms with Crippen LogP contribution in [0.3, 0.4) is 0 Å². The minimum atomic E-state index is -0.946. The summed E-state index contributed by atoms with van der Waals surface area (Å²) in [5.74, 6) is -1.13. The molecule has 8 nitrogen and oxygen atoms in total. The number of rotatable bonds is 8. The molecule has 1 aliphatic heterocycles. The van der Waals surface area contributed by atoms with Crippen LogP contribution in [0.2, 0.25) is 0 Å². The highest BCUT2D eigenvalue weighted by Crippen LogP contribution is 2.44. The van der Waals surface area contributed by atoms with Crippen LogP contribution in [0.5, 0.6) is 5.75 Å². The van der Waals surface area contributed by atoms with Gasteiger partial charge in [-0.3, -0.25) is 19.5 Å². The first kappa shape index (κ1) is 25.6. The SMILES string of the molecule is CCOc1ccc(/C(O)=C2/C(=O)C(=O)N(c3nnc(SCc4ccc(F)cc4)s3)C2c2cccnc2)cc1. The number of carbonyl (C=O) groups excluding carboxylic acids is 2. The summed E-state index contributed by atoms with van der Waals surface area (Å²) in [5.41, 5.74) is 1.74. The molecule has 0 bridgehead atoms. The Morgan fingerprint density at radius 3 is 2.55 bits per heavy atom. The number of thioether (sulfide) groups is 1. The lowest BCUT2D eigenvalue weighted by atomic mass is 9.96. The minimum absolute atomic E-state index is 0.0668. The smallest absolute Gasteiger partial charge is 0.301 e. The maximum Gasteiger partial charge on any atom is 0.301 e. The van der Waals surface area contributed by atoms with Gasteiger partial charge in [-0.2, -0.15) is 0 Å². The summed E-state index contributed by atoms with van der Waals surface area (Å²) in [4.78, 5) is 31.9. The number of carbonyl (C=O) groups is 2. The van der Waals surface area contributed by atoms with E-state index in [-0.39, 0.29) is 22.3 Å². The Morgan fingerprint density at radius 2 is 1.87 bits per heavy atom. The molecular weight excluding hydrogens is 527 g/mol. The van der Waals surface area contributed by atoms with E-state index in [1.807, 2.05) is 6.92 Å². The lowest BCUT2D eigenvalue weighted by Gasteiger charge is -2.22. The number of aromatic nitrogens is 3. The standard InChI is InChI=1S/C27H21FN4O4S2/c1-2-36-20-11-7-17(8-12-20)23(33)21-22(18-4-3-13-29-14-18)32(25(35)24(21)34)26-30-31-27(38-26)37-15-16-5-9-19(28)10-6-16/h3-14,22,33H,2,15H2,1H3/b23-21-. The lowest BCUT2D eigenvalue weighted by molar-refractivity contribution is -0.132. The number of Topliss-reactive ketones (excluding diaryl/α,β-unsaturated/α-hetero) is 1. The molecule has 0 aliphatic carbocycles. The number of aliphatic hydroxyl groups is 1. The summed E-state index contributed by atoms with van der Waals surface area (Å²) in [5, 5.41) is 19.8. The molecule has 1 fully saturated rings. The van der Waals surface area contributed by atoms with E-state index in [1.54, 1.807) is 60.9 Å². The number of pyridine rings is 1. The molecule has 38 heavy (non-hydrogen) atoms. The Morgan fingerprint density at radius 1 is 1.11 bits per heavy atom. The van der Waals surface area contributed by atoms with Gasteiger partial charge in [0.25, 0.3) is 5.78 Å². The number of hydrogen-bond acceptors (Lipinski definition) is 9. The van der Waals surface area contributed by atoms with Crippen LogP contribution in [0, 0.1) is 5.82 Å². The predicted molar refractivity (Wildman–Crippen MR) is 143 cm³/mol. The van der Waals surface area contributed by atoms with Crippen molar-refractivity contribution in [3.05, 3.63) is 101 Å². The first-order valence-electron chi connectivity index (χ1n) is 11.6. The number of aliphatic hydroxyl groups excluding tert-OH is 1. The Hall–Kier alpha value is -4.09. The largest absolute Gasteiger partial charge is 0.507 e. The molecule has 3 heterocycles. The second-order valence-electron chi connectivity index (χ2n) is 8.18. The zero-order valence-corrected chi connectivity index (χ0v) is 21.7. The Kier molecular flexibility index (Phi) is 7.47. The van der Waals surface area contributed by atoms with E-state index in [4.69, 9.17) is 4.74 Å². The molecule has 4 aromatic rings. The molecular formula is C27H21FN4O4S2. The lowest BCUT2D eigenvalue weighted by Crippen LogP contribution is -2.29. The van der Waals surface area contributed by atoms with Gasteiger partial charge in [0.15, 0.2) is 4.34 Å². The van der Waals surface area contributed by atoms with Gasteiger partial charge in [0.1, 0.15) is 17.3 Å². The zero-order chi connectivity index (χ0) is 26.6. The molecule has 2 aromatic carbocycles. The summed E-state index contributed by atoms with van der Waals surface area (Å²) in [6.07, 6.45) is 3.12. The molecule has 0 radical (unpaired) electrons. The molecule has 0 saturated carbocycles. The molecule has 1 atom stereocenters. The summed E-state index contributed by atoms with van der Waals surface area (Å²) < 4.78 is 19.2. The third kappa shape index (κ3) is 5.15. The van der Waals surface area contributed by atoms with Crippen molar-refractivity contribution in [1.29, 1.82) is 0 Å². The van der Waals surface area contributed by atoms with Crippen molar-refractivity contribution >= 4 is 45.7 Å². The molecule has 2 aromatic heterocycles. The van der Waals surface area contributed by atoms with Gasteiger partial charge in [-0.25, -0.2) is 4.39 Å². The fourth-order valence-corrected chi connectivity index (χ4v) is 5.82. The van der Waals surface area contributed by atoms with Crippen molar-refractivity contribution in [1.82, 2.24) is 15.2 Å². The number of ketones is 1.